The third-order valence-electron chi connectivity index (χ3n) is 2.98. The molecule has 2 fully saturated rings. The molecule has 0 aromatic carbocycles. The summed E-state index contributed by atoms with van der Waals surface area (Å²) >= 11 is 0. The molecule has 68 valence electrons. The topological polar surface area (TPSA) is 23.5 Å². The van der Waals surface area contributed by atoms with Crippen LogP contribution in [0.5, 0.6) is 0 Å². The van der Waals surface area contributed by atoms with Crippen LogP contribution in [0.2, 0.25) is 0 Å². The fourth-order valence-corrected chi connectivity index (χ4v) is 2.25. The summed E-state index contributed by atoms with van der Waals surface area (Å²) < 4.78 is 0. The highest BCUT2D eigenvalue weighted by atomic mass is 16.3. The number of rotatable bonds is 2. The molecule has 1 aliphatic carbocycles. The Hall–Kier alpha value is -0.340. The van der Waals surface area contributed by atoms with Gasteiger partial charge in [-0.2, -0.15) is 0 Å². The van der Waals surface area contributed by atoms with Gasteiger partial charge >= 0.3 is 0 Å². The molecule has 2 aliphatic rings. The first-order valence-electron chi connectivity index (χ1n) is 4.69. The SMILES string of the molecule is C=C(C)CN1CC[C@@H]2C[C@]2(O)C1. The average molecular weight is 167 g/mol. The zero-order valence-electron chi connectivity index (χ0n) is 7.71. The molecular weight excluding hydrogens is 150 g/mol. The van der Waals surface area contributed by atoms with Crippen molar-refractivity contribution >= 4 is 0 Å². The van der Waals surface area contributed by atoms with E-state index in [4.69, 9.17) is 0 Å². The number of piperidine rings is 1. The van der Waals surface area contributed by atoms with Crippen LogP contribution in [0, 0.1) is 5.92 Å². The minimum Gasteiger partial charge on any atom is -0.388 e. The zero-order valence-corrected chi connectivity index (χ0v) is 7.71. The van der Waals surface area contributed by atoms with E-state index in [0.717, 1.165) is 26.1 Å². The van der Waals surface area contributed by atoms with Gasteiger partial charge in [-0.25, -0.2) is 0 Å². The van der Waals surface area contributed by atoms with Gasteiger partial charge in [0.25, 0.3) is 0 Å². The second-order valence-corrected chi connectivity index (χ2v) is 4.46. The van der Waals surface area contributed by atoms with Gasteiger partial charge in [-0.3, -0.25) is 4.90 Å². The summed E-state index contributed by atoms with van der Waals surface area (Å²) in [5.74, 6) is 0.610. The van der Waals surface area contributed by atoms with Crippen LogP contribution in [0.4, 0.5) is 0 Å². The van der Waals surface area contributed by atoms with E-state index in [2.05, 4.69) is 11.5 Å². The molecule has 1 aliphatic heterocycles. The molecule has 2 rings (SSSR count). The highest BCUT2D eigenvalue weighted by Crippen LogP contribution is 2.48. The summed E-state index contributed by atoms with van der Waals surface area (Å²) in [4.78, 5) is 2.31. The van der Waals surface area contributed by atoms with Crippen molar-refractivity contribution in [2.45, 2.75) is 25.4 Å². The van der Waals surface area contributed by atoms with Crippen LogP contribution in [-0.4, -0.2) is 35.2 Å². The first kappa shape index (κ1) is 8.27. The van der Waals surface area contributed by atoms with Crippen molar-refractivity contribution in [2.24, 2.45) is 5.92 Å². The summed E-state index contributed by atoms with van der Waals surface area (Å²) in [6.45, 7) is 8.89. The van der Waals surface area contributed by atoms with Gasteiger partial charge in [0.05, 0.1) is 5.60 Å². The monoisotopic (exact) mass is 167 g/mol. The van der Waals surface area contributed by atoms with E-state index in [1.165, 1.54) is 12.0 Å². The largest absolute Gasteiger partial charge is 0.388 e. The molecule has 0 aromatic rings. The lowest BCUT2D eigenvalue weighted by Gasteiger charge is -2.29. The number of nitrogens with zero attached hydrogens (tertiary/aromatic N) is 1. The van der Waals surface area contributed by atoms with E-state index < -0.39 is 0 Å². The van der Waals surface area contributed by atoms with Gasteiger partial charge in [0.1, 0.15) is 0 Å². The highest BCUT2D eigenvalue weighted by molar-refractivity contribution is 5.09. The Labute approximate surface area is 73.9 Å². The molecule has 0 aromatic heterocycles. The molecule has 0 unspecified atom stereocenters. The molecule has 1 heterocycles. The first-order valence-corrected chi connectivity index (χ1v) is 4.69. The van der Waals surface area contributed by atoms with E-state index in [0.29, 0.717) is 5.92 Å². The van der Waals surface area contributed by atoms with Crippen molar-refractivity contribution in [1.82, 2.24) is 4.90 Å². The second kappa shape index (κ2) is 2.57. The maximum atomic E-state index is 9.86. The summed E-state index contributed by atoms with van der Waals surface area (Å²) in [6.07, 6.45) is 2.20. The lowest BCUT2D eigenvalue weighted by Crippen LogP contribution is -2.40. The fourth-order valence-electron chi connectivity index (χ4n) is 2.25. The Morgan fingerprint density at radius 2 is 2.50 bits per heavy atom. The molecule has 1 N–H and O–H groups in total. The molecule has 0 amide bonds. The Morgan fingerprint density at radius 1 is 1.75 bits per heavy atom. The van der Waals surface area contributed by atoms with E-state index in [-0.39, 0.29) is 5.60 Å². The molecule has 2 atom stereocenters. The van der Waals surface area contributed by atoms with Crippen molar-refractivity contribution in [3.05, 3.63) is 12.2 Å². The number of β-amino-alcohol motifs (C(OH)–C–C–N with tert-alkyl or cyclic N) is 1. The molecule has 0 radical (unpaired) electrons. The van der Waals surface area contributed by atoms with E-state index in [1.807, 2.05) is 6.92 Å². The van der Waals surface area contributed by atoms with Crippen molar-refractivity contribution < 1.29 is 5.11 Å². The van der Waals surface area contributed by atoms with Crippen LogP contribution in [0.15, 0.2) is 12.2 Å². The van der Waals surface area contributed by atoms with Crippen LogP contribution >= 0.6 is 0 Å². The third-order valence-corrected chi connectivity index (χ3v) is 2.98. The Kier molecular flexibility index (Phi) is 1.77. The van der Waals surface area contributed by atoms with Gasteiger partial charge in [0.15, 0.2) is 0 Å². The third kappa shape index (κ3) is 1.41. The smallest absolute Gasteiger partial charge is 0.0807 e. The standard InChI is InChI=1S/C10H17NO/c1-8(2)6-11-4-3-9-5-10(9,12)7-11/h9,12H,1,3-7H2,2H3/t9-,10+/m1/s1. The van der Waals surface area contributed by atoms with Crippen molar-refractivity contribution in [1.29, 1.82) is 0 Å². The number of hydrogen-bond acceptors (Lipinski definition) is 2. The molecule has 12 heavy (non-hydrogen) atoms. The summed E-state index contributed by atoms with van der Waals surface area (Å²) in [7, 11) is 0. The van der Waals surface area contributed by atoms with E-state index in [9.17, 15) is 5.11 Å². The quantitative estimate of drug-likeness (QED) is 0.621. The number of likely N-dealkylation sites (tertiary alicyclic amines) is 1. The summed E-state index contributed by atoms with van der Waals surface area (Å²) in [6, 6.07) is 0. The van der Waals surface area contributed by atoms with Crippen molar-refractivity contribution in [2.75, 3.05) is 19.6 Å². The molecule has 2 nitrogen and oxygen atoms in total. The van der Waals surface area contributed by atoms with Crippen LogP contribution in [0.25, 0.3) is 0 Å². The normalized spacial score (nSPS) is 40.7. The van der Waals surface area contributed by atoms with Gasteiger partial charge in [-0.05, 0) is 32.2 Å². The molecular formula is C10H17NO. The highest BCUT2D eigenvalue weighted by Gasteiger charge is 2.55. The fraction of sp³-hybridized carbons (Fsp3) is 0.800. The lowest BCUT2D eigenvalue weighted by molar-refractivity contribution is 0.0547. The second-order valence-electron chi connectivity index (χ2n) is 4.46. The minimum absolute atomic E-state index is 0.312. The van der Waals surface area contributed by atoms with Gasteiger partial charge < -0.3 is 5.11 Å². The molecule has 1 saturated heterocycles. The molecule has 2 heteroatoms. The summed E-state index contributed by atoms with van der Waals surface area (Å²) in [5.41, 5.74) is 0.881. The predicted octanol–water partition coefficient (Wildman–Crippen LogP) is 1.02. The van der Waals surface area contributed by atoms with Crippen LogP contribution in [0.3, 0.4) is 0 Å². The molecule has 1 saturated carbocycles. The maximum absolute atomic E-state index is 9.86. The van der Waals surface area contributed by atoms with Crippen molar-refractivity contribution in [3.8, 4) is 0 Å². The summed E-state index contributed by atoms with van der Waals surface area (Å²) in [5, 5.41) is 9.86. The van der Waals surface area contributed by atoms with Gasteiger partial charge in [-0.15, -0.1) is 0 Å². The maximum Gasteiger partial charge on any atom is 0.0807 e. The molecule has 0 spiro atoms. The predicted molar refractivity (Wildman–Crippen MR) is 48.9 cm³/mol. The minimum atomic E-state index is -0.312. The van der Waals surface area contributed by atoms with Crippen LogP contribution < -0.4 is 0 Å². The molecule has 0 bridgehead atoms. The average Bonchev–Trinajstić information content (AvgIpc) is 2.57. The van der Waals surface area contributed by atoms with Gasteiger partial charge in [-0.1, -0.05) is 12.2 Å². The number of hydrogen-bond donors (Lipinski definition) is 1. The lowest BCUT2D eigenvalue weighted by atomic mass is 10.1. The Bertz CT molecular complexity index is 214. The van der Waals surface area contributed by atoms with Gasteiger partial charge in [0, 0.05) is 13.1 Å². The Balaban J connectivity index is 1.89. The van der Waals surface area contributed by atoms with Crippen molar-refractivity contribution in [3.63, 3.8) is 0 Å². The Morgan fingerprint density at radius 3 is 3.08 bits per heavy atom. The van der Waals surface area contributed by atoms with Crippen LogP contribution in [0.1, 0.15) is 19.8 Å². The number of fused-ring (bicyclic) bond motifs is 1. The first-order chi connectivity index (χ1) is 5.60. The van der Waals surface area contributed by atoms with Gasteiger partial charge in [0.2, 0.25) is 0 Å². The van der Waals surface area contributed by atoms with E-state index in [1.54, 1.807) is 0 Å². The number of aliphatic hydroxyl groups is 1. The van der Waals surface area contributed by atoms with E-state index >= 15 is 0 Å². The van der Waals surface area contributed by atoms with Crippen LogP contribution in [-0.2, 0) is 0 Å². The zero-order chi connectivity index (χ0) is 8.77.